The van der Waals surface area contributed by atoms with Gasteiger partial charge in [0.2, 0.25) is 5.88 Å². The summed E-state index contributed by atoms with van der Waals surface area (Å²) in [4.78, 5) is 41.2. The van der Waals surface area contributed by atoms with Gasteiger partial charge in [0, 0.05) is 74.1 Å². The van der Waals surface area contributed by atoms with Crippen LogP contribution in [0.1, 0.15) is 32.1 Å². The monoisotopic (exact) mass is 600 g/mol. The van der Waals surface area contributed by atoms with Gasteiger partial charge in [0.25, 0.3) is 11.8 Å². The maximum Gasteiger partial charge on any atom is 0.271 e. The number of amides is 2. The predicted octanol–water partition coefficient (Wildman–Crippen LogP) is 2.78. The highest BCUT2D eigenvalue weighted by Crippen LogP contribution is 2.27. The minimum atomic E-state index is -0.302. The summed E-state index contributed by atoms with van der Waals surface area (Å²) in [6.45, 7) is 8.02. The lowest BCUT2D eigenvalue weighted by Gasteiger charge is -2.26. The lowest BCUT2D eigenvalue weighted by Crippen LogP contribution is -2.41. The summed E-state index contributed by atoms with van der Waals surface area (Å²) in [5.74, 6) is 1.32. The third-order valence-electron chi connectivity index (χ3n) is 7.04. The number of carbonyl (C=O) groups excluding carboxylic acids is 2. The topological polar surface area (TPSA) is 160 Å². The first-order chi connectivity index (χ1) is 21.3. The molecule has 14 heteroatoms. The Morgan fingerprint density at radius 3 is 2.61 bits per heavy atom. The molecule has 3 aromatic heterocycles. The number of ether oxygens (including phenoxy) is 2. The molecule has 230 valence electrons. The first kappa shape index (κ1) is 30.4. The number of carbonyl (C=O) groups is 2. The lowest BCUT2D eigenvalue weighted by molar-refractivity contribution is 0.0383. The van der Waals surface area contributed by atoms with E-state index in [0.29, 0.717) is 65.7 Å². The van der Waals surface area contributed by atoms with Crippen molar-refractivity contribution in [3.63, 3.8) is 0 Å². The smallest absolute Gasteiger partial charge is 0.271 e. The molecule has 0 saturated carbocycles. The fraction of sp³-hybridized carbons (Fsp3) is 0.333. The average Bonchev–Trinajstić information content (AvgIpc) is 3.46. The van der Waals surface area contributed by atoms with Crippen LogP contribution in [0.5, 0.6) is 5.88 Å². The van der Waals surface area contributed by atoms with Crippen LogP contribution in [0.2, 0.25) is 0 Å². The second kappa shape index (κ2) is 13.9. The van der Waals surface area contributed by atoms with Gasteiger partial charge in [-0.05, 0) is 37.6 Å². The van der Waals surface area contributed by atoms with Gasteiger partial charge in [-0.3, -0.25) is 14.5 Å². The highest BCUT2D eigenvalue weighted by molar-refractivity contribution is 6.04. The van der Waals surface area contributed by atoms with Crippen molar-refractivity contribution >= 4 is 34.8 Å². The number of nitrogens with zero attached hydrogens (tertiary/aromatic N) is 6. The first-order valence-corrected chi connectivity index (χ1v) is 14.2. The maximum absolute atomic E-state index is 13.1. The first-order valence-electron chi connectivity index (χ1n) is 14.2. The van der Waals surface area contributed by atoms with Crippen molar-refractivity contribution in [1.29, 1.82) is 0 Å². The molecule has 0 bridgehead atoms. The number of rotatable bonds is 11. The molecular weight excluding hydrogens is 564 g/mol. The SMILES string of the molecule is CNc1cc(-n2nc(C(=O)NCCN3CCOCC3)cc2Nc2cc(NC(=O)c3cc(C)nc(OC)c3)ccc2C)ncn1. The molecule has 0 spiro atoms. The van der Waals surface area contributed by atoms with E-state index in [4.69, 9.17) is 9.47 Å². The number of anilines is 4. The van der Waals surface area contributed by atoms with E-state index in [1.165, 1.54) is 13.4 Å². The zero-order valence-corrected chi connectivity index (χ0v) is 25.2. The average molecular weight is 601 g/mol. The van der Waals surface area contributed by atoms with Crippen molar-refractivity contribution in [2.75, 3.05) is 69.5 Å². The Morgan fingerprint density at radius 1 is 1.02 bits per heavy atom. The number of aromatic nitrogens is 5. The van der Waals surface area contributed by atoms with Crippen LogP contribution in [0.4, 0.5) is 23.0 Å². The van der Waals surface area contributed by atoms with E-state index < -0.39 is 0 Å². The minimum Gasteiger partial charge on any atom is -0.481 e. The molecule has 5 rings (SSSR count). The van der Waals surface area contributed by atoms with Crippen LogP contribution in [0.3, 0.4) is 0 Å². The predicted molar refractivity (Wildman–Crippen MR) is 166 cm³/mol. The summed E-state index contributed by atoms with van der Waals surface area (Å²) in [5.41, 5.74) is 3.50. The van der Waals surface area contributed by atoms with Gasteiger partial charge in [-0.1, -0.05) is 6.07 Å². The molecule has 0 atom stereocenters. The zero-order chi connectivity index (χ0) is 31.1. The van der Waals surface area contributed by atoms with E-state index >= 15 is 0 Å². The van der Waals surface area contributed by atoms with Crippen LogP contribution < -0.4 is 26.0 Å². The molecule has 1 aliphatic heterocycles. The molecule has 44 heavy (non-hydrogen) atoms. The van der Waals surface area contributed by atoms with Crippen LogP contribution in [0, 0.1) is 13.8 Å². The van der Waals surface area contributed by atoms with Crippen LogP contribution in [0.15, 0.2) is 48.8 Å². The molecule has 1 aromatic carbocycles. The van der Waals surface area contributed by atoms with Gasteiger partial charge in [-0.25, -0.2) is 15.0 Å². The van der Waals surface area contributed by atoms with Crippen molar-refractivity contribution in [3.8, 4) is 11.7 Å². The van der Waals surface area contributed by atoms with Crippen molar-refractivity contribution in [2.45, 2.75) is 13.8 Å². The van der Waals surface area contributed by atoms with Gasteiger partial charge >= 0.3 is 0 Å². The number of hydrogen-bond acceptors (Lipinski definition) is 11. The Kier molecular flexibility index (Phi) is 9.62. The van der Waals surface area contributed by atoms with Crippen LogP contribution >= 0.6 is 0 Å². The molecule has 0 radical (unpaired) electrons. The van der Waals surface area contributed by atoms with Gasteiger partial charge in [0.1, 0.15) is 18.0 Å². The molecule has 1 fully saturated rings. The van der Waals surface area contributed by atoms with Gasteiger partial charge < -0.3 is 30.7 Å². The second-order valence-electron chi connectivity index (χ2n) is 10.2. The van der Waals surface area contributed by atoms with E-state index in [-0.39, 0.29) is 17.5 Å². The summed E-state index contributed by atoms with van der Waals surface area (Å²) in [7, 11) is 3.27. The summed E-state index contributed by atoms with van der Waals surface area (Å²) >= 11 is 0. The third-order valence-corrected chi connectivity index (χ3v) is 7.04. The maximum atomic E-state index is 13.1. The fourth-order valence-electron chi connectivity index (χ4n) is 4.65. The molecule has 14 nitrogen and oxygen atoms in total. The van der Waals surface area contributed by atoms with Gasteiger partial charge in [0.15, 0.2) is 11.5 Å². The molecule has 4 aromatic rings. The number of nitrogens with one attached hydrogen (secondary N) is 4. The van der Waals surface area contributed by atoms with Crippen molar-refractivity contribution < 1.29 is 19.1 Å². The van der Waals surface area contributed by atoms with Crippen LogP contribution in [-0.4, -0.2) is 95.0 Å². The summed E-state index contributed by atoms with van der Waals surface area (Å²) in [6, 6.07) is 12.2. The second-order valence-corrected chi connectivity index (χ2v) is 10.2. The van der Waals surface area contributed by atoms with E-state index in [1.54, 1.807) is 42.9 Å². The Bertz CT molecular complexity index is 1630. The Balaban J connectivity index is 1.38. The quantitative estimate of drug-likeness (QED) is 0.200. The van der Waals surface area contributed by atoms with E-state index in [0.717, 1.165) is 25.2 Å². The number of methoxy groups -OCH3 is 1. The van der Waals surface area contributed by atoms with Gasteiger partial charge in [-0.15, -0.1) is 0 Å². The van der Waals surface area contributed by atoms with Crippen molar-refractivity contribution in [3.05, 3.63) is 71.3 Å². The number of morpholine rings is 1. The Labute approximate surface area is 255 Å². The summed E-state index contributed by atoms with van der Waals surface area (Å²) in [5, 5.41) is 16.9. The molecule has 4 N–H and O–H groups in total. The molecule has 0 unspecified atom stereocenters. The molecule has 4 heterocycles. The van der Waals surface area contributed by atoms with Gasteiger partial charge in [-0.2, -0.15) is 9.78 Å². The molecule has 1 saturated heterocycles. The summed E-state index contributed by atoms with van der Waals surface area (Å²) in [6.07, 6.45) is 1.42. The minimum absolute atomic E-state index is 0.225. The van der Waals surface area contributed by atoms with E-state index in [9.17, 15) is 9.59 Å². The zero-order valence-electron chi connectivity index (χ0n) is 25.2. The van der Waals surface area contributed by atoms with Crippen molar-refractivity contribution in [1.82, 2.24) is 34.9 Å². The number of pyridine rings is 1. The highest BCUT2D eigenvalue weighted by atomic mass is 16.5. The standard InChI is InChI=1S/C30H36N10O4/c1-19-5-6-22(36-29(41)21-13-20(2)35-28(14-21)43-4)15-23(19)37-27-16-24(30(42)32-7-8-39-9-11-44-12-10-39)38-40(27)26-17-25(31-3)33-18-34-26/h5-6,13-18,37H,7-12H2,1-4H3,(H,32,42)(H,36,41)(H,31,33,34). The van der Waals surface area contributed by atoms with Crippen molar-refractivity contribution in [2.24, 2.45) is 0 Å². The number of benzene rings is 1. The summed E-state index contributed by atoms with van der Waals surface area (Å²) < 4.78 is 12.2. The highest BCUT2D eigenvalue weighted by Gasteiger charge is 2.19. The third kappa shape index (κ3) is 7.46. The van der Waals surface area contributed by atoms with Crippen LogP contribution in [-0.2, 0) is 4.74 Å². The largest absolute Gasteiger partial charge is 0.481 e. The van der Waals surface area contributed by atoms with Gasteiger partial charge in [0.05, 0.1) is 20.3 Å². The van der Waals surface area contributed by atoms with E-state index in [2.05, 4.69) is 46.2 Å². The number of aryl methyl sites for hydroxylation is 2. The van der Waals surface area contributed by atoms with Crippen LogP contribution in [0.25, 0.3) is 5.82 Å². The Hall–Kier alpha value is -5.08. The molecular formula is C30H36N10O4. The lowest BCUT2D eigenvalue weighted by atomic mass is 10.1. The normalized spacial score (nSPS) is 13.3. The molecule has 2 amide bonds. The fourth-order valence-corrected chi connectivity index (χ4v) is 4.65. The Morgan fingerprint density at radius 2 is 1.84 bits per heavy atom. The van der Waals surface area contributed by atoms with E-state index in [1.807, 2.05) is 25.1 Å². The molecule has 1 aliphatic rings. The number of hydrogen-bond donors (Lipinski definition) is 4. The molecule has 0 aliphatic carbocycles.